The van der Waals surface area contributed by atoms with E-state index in [1.165, 1.54) is 6.08 Å². The van der Waals surface area contributed by atoms with Gasteiger partial charge < -0.3 is 24.3 Å². The van der Waals surface area contributed by atoms with E-state index in [-0.39, 0.29) is 12.2 Å². The van der Waals surface area contributed by atoms with Crippen molar-refractivity contribution in [2.75, 3.05) is 13.7 Å². The first-order chi connectivity index (χ1) is 19.3. The SMILES string of the molecule is COc1ccc(-c2nc(CCOc3ccc(C[C@H](N/C(C)=C/C(=O)c4ccccc4)C(=O)O)cc3)c(C)o2)cc1. The molecule has 4 aromatic rings. The lowest BCUT2D eigenvalue weighted by Gasteiger charge is -2.16. The van der Waals surface area contributed by atoms with Crippen LogP contribution in [-0.4, -0.2) is 41.6 Å². The van der Waals surface area contributed by atoms with Crippen molar-refractivity contribution in [3.05, 3.63) is 113 Å². The summed E-state index contributed by atoms with van der Waals surface area (Å²) in [5.74, 6) is 1.54. The number of carboxylic acid groups (broad SMARTS) is 1. The fraction of sp³-hybridized carbons (Fsp3) is 0.219. The summed E-state index contributed by atoms with van der Waals surface area (Å²) < 4.78 is 16.9. The molecule has 1 aromatic heterocycles. The summed E-state index contributed by atoms with van der Waals surface area (Å²) >= 11 is 0. The molecule has 206 valence electrons. The summed E-state index contributed by atoms with van der Waals surface area (Å²) in [6.45, 7) is 3.98. The van der Waals surface area contributed by atoms with Crippen LogP contribution in [0.1, 0.15) is 34.3 Å². The van der Waals surface area contributed by atoms with Gasteiger partial charge in [-0.1, -0.05) is 42.5 Å². The van der Waals surface area contributed by atoms with Gasteiger partial charge in [0.25, 0.3) is 0 Å². The average Bonchev–Trinajstić information content (AvgIpc) is 3.34. The first kappa shape index (κ1) is 28.2. The van der Waals surface area contributed by atoms with Crippen molar-refractivity contribution in [2.24, 2.45) is 0 Å². The number of aliphatic carboxylic acids is 1. The van der Waals surface area contributed by atoms with Crippen molar-refractivity contribution in [2.45, 2.75) is 32.7 Å². The minimum atomic E-state index is -1.00. The van der Waals surface area contributed by atoms with Gasteiger partial charge in [0.2, 0.25) is 5.89 Å². The van der Waals surface area contributed by atoms with Crippen molar-refractivity contribution in [3.8, 4) is 23.0 Å². The molecule has 1 atom stereocenters. The quantitative estimate of drug-likeness (QED) is 0.165. The van der Waals surface area contributed by atoms with Crippen molar-refractivity contribution >= 4 is 11.8 Å². The minimum absolute atomic E-state index is 0.186. The highest BCUT2D eigenvalue weighted by molar-refractivity contribution is 6.04. The van der Waals surface area contributed by atoms with Crippen LogP contribution in [0.5, 0.6) is 11.5 Å². The molecular weight excluding hydrogens is 508 g/mol. The molecule has 0 unspecified atom stereocenters. The lowest BCUT2D eigenvalue weighted by Crippen LogP contribution is -2.37. The first-order valence-corrected chi connectivity index (χ1v) is 12.9. The molecule has 40 heavy (non-hydrogen) atoms. The molecule has 0 fully saturated rings. The van der Waals surface area contributed by atoms with Crippen LogP contribution in [-0.2, 0) is 17.6 Å². The van der Waals surface area contributed by atoms with Crippen molar-refractivity contribution in [3.63, 3.8) is 0 Å². The number of ketones is 1. The smallest absolute Gasteiger partial charge is 0.326 e. The number of ether oxygens (including phenoxy) is 2. The monoisotopic (exact) mass is 540 g/mol. The number of carbonyl (C=O) groups is 2. The van der Waals surface area contributed by atoms with E-state index in [4.69, 9.17) is 13.9 Å². The average molecular weight is 541 g/mol. The Morgan fingerprint density at radius 3 is 2.33 bits per heavy atom. The van der Waals surface area contributed by atoms with Crippen LogP contribution in [0.4, 0.5) is 0 Å². The van der Waals surface area contributed by atoms with Crippen molar-refractivity contribution < 1.29 is 28.6 Å². The van der Waals surface area contributed by atoms with Crippen molar-refractivity contribution in [1.29, 1.82) is 0 Å². The fourth-order valence-corrected chi connectivity index (χ4v) is 4.14. The van der Waals surface area contributed by atoms with E-state index in [0.29, 0.717) is 35.9 Å². The van der Waals surface area contributed by atoms with Crippen LogP contribution in [0, 0.1) is 6.92 Å². The molecule has 0 amide bonds. The number of methoxy groups -OCH3 is 1. The number of hydrogen-bond acceptors (Lipinski definition) is 7. The Labute approximate surface area is 233 Å². The molecule has 8 nitrogen and oxygen atoms in total. The van der Waals surface area contributed by atoms with E-state index in [0.717, 1.165) is 28.3 Å². The lowest BCUT2D eigenvalue weighted by molar-refractivity contribution is -0.139. The summed E-state index contributed by atoms with van der Waals surface area (Å²) in [4.78, 5) is 28.9. The normalized spacial score (nSPS) is 12.0. The van der Waals surface area contributed by atoms with Gasteiger partial charge in [0.1, 0.15) is 23.3 Å². The standard InChI is InChI=1S/C32H32N2O6/c1-21(19-30(35)24-7-5-4-6-8-24)33-29(32(36)37)20-23-9-13-27(14-10-23)39-18-17-28-22(2)40-31(34-28)25-11-15-26(38-3)16-12-25/h4-16,19,29,33H,17-18,20H2,1-3H3,(H,36,37)/b21-19+/t29-/m0/s1. The summed E-state index contributed by atoms with van der Waals surface area (Å²) in [7, 11) is 1.62. The third-order valence-electron chi connectivity index (χ3n) is 6.31. The Morgan fingerprint density at radius 1 is 1.00 bits per heavy atom. The van der Waals surface area contributed by atoms with E-state index in [9.17, 15) is 14.7 Å². The zero-order valence-corrected chi connectivity index (χ0v) is 22.7. The Kier molecular flexibility index (Phi) is 9.35. The summed E-state index contributed by atoms with van der Waals surface area (Å²) in [5, 5.41) is 12.7. The topological polar surface area (TPSA) is 111 Å². The lowest BCUT2D eigenvalue weighted by atomic mass is 10.1. The highest BCUT2D eigenvalue weighted by Gasteiger charge is 2.18. The molecule has 0 radical (unpaired) electrons. The molecule has 2 N–H and O–H groups in total. The zero-order chi connectivity index (χ0) is 28.5. The molecular formula is C32H32N2O6. The molecule has 0 aliphatic carbocycles. The maximum Gasteiger partial charge on any atom is 0.326 e. The molecule has 0 bridgehead atoms. The predicted molar refractivity (Wildman–Crippen MR) is 152 cm³/mol. The second-order valence-electron chi connectivity index (χ2n) is 9.29. The zero-order valence-electron chi connectivity index (χ0n) is 22.7. The van der Waals surface area contributed by atoms with Gasteiger partial charge in [-0.3, -0.25) is 4.79 Å². The molecule has 0 saturated carbocycles. The molecule has 1 heterocycles. The second-order valence-corrected chi connectivity index (χ2v) is 9.29. The molecule has 0 aliphatic rings. The van der Waals surface area contributed by atoms with E-state index in [1.807, 2.05) is 61.5 Å². The van der Waals surface area contributed by atoms with Crippen LogP contribution >= 0.6 is 0 Å². The second kappa shape index (κ2) is 13.3. The van der Waals surface area contributed by atoms with E-state index in [1.54, 1.807) is 38.3 Å². The molecule has 3 aromatic carbocycles. The number of carbonyl (C=O) groups excluding carboxylic acids is 1. The number of oxazole rings is 1. The summed E-state index contributed by atoms with van der Waals surface area (Å²) in [6, 6.07) is 22.8. The van der Waals surface area contributed by atoms with Gasteiger partial charge in [0.05, 0.1) is 19.4 Å². The van der Waals surface area contributed by atoms with Gasteiger partial charge in [-0.05, 0) is 55.8 Å². The van der Waals surface area contributed by atoms with Gasteiger partial charge in [0, 0.05) is 35.7 Å². The van der Waals surface area contributed by atoms with Gasteiger partial charge >= 0.3 is 5.97 Å². The number of hydrogen-bond donors (Lipinski definition) is 2. The Morgan fingerprint density at radius 2 is 1.68 bits per heavy atom. The van der Waals surface area contributed by atoms with Crippen LogP contribution < -0.4 is 14.8 Å². The van der Waals surface area contributed by atoms with Gasteiger partial charge in [-0.25, -0.2) is 9.78 Å². The van der Waals surface area contributed by atoms with E-state index in [2.05, 4.69) is 10.3 Å². The van der Waals surface area contributed by atoms with Crippen LogP contribution in [0.15, 0.2) is 95.1 Å². The van der Waals surface area contributed by atoms with Gasteiger partial charge in [0.15, 0.2) is 5.78 Å². The Bertz CT molecular complexity index is 1460. The third-order valence-corrected chi connectivity index (χ3v) is 6.31. The number of nitrogens with zero attached hydrogens (tertiary/aromatic N) is 1. The van der Waals surface area contributed by atoms with Crippen LogP contribution in [0.3, 0.4) is 0 Å². The number of allylic oxidation sites excluding steroid dienone is 2. The highest BCUT2D eigenvalue weighted by Crippen LogP contribution is 2.24. The number of rotatable bonds is 13. The van der Waals surface area contributed by atoms with Gasteiger partial charge in [-0.15, -0.1) is 0 Å². The molecule has 0 saturated heterocycles. The van der Waals surface area contributed by atoms with E-state index < -0.39 is 12.0 Å². The Balaban J connectivity index is 1.30. The summed E-state index contributed by atoms with van der Waals surface area (Å²) in [5.41, 5.74) is 3.55. The third kappa shape index (κ3) is 7.60. The number of nitrogens with one attached hydrogen (secondary N) is 1. The number of benzene rings is 3. The van der Waals surface area contributed by atoms with Crippen molar-refractivity contribution in [1.82, 2.24) is 10.3 Å². The number of aromatic nitrogens is 1. The van der Waals surface area contributed by atoms with Crippen LogP contribution in [0.25, 0.3) is 11.5 Å². The molecule has 8 heteroatoms. The highest BCUT2D eigenvalue weighted by atomic mass is 16.5. The fourth-order valence-electron chi connectivity index (χ4n) is 4.14. The maximum atomic E-state index is 12.4. The van der Waals surface area contributed by atoms with Crippen LogP contribution in [0.2, 0.25) is 0 Å². The maximum absolute atomic E-state index is 12.4. The van der Waals surface area contributed by atoms with Gasteiger partial charge in [-0.2, -0.15) is 0 Å². The first-order valence-electron chi connectivity index (χ1n) is 12.9. The molecule has 4 rings (SSSR count). The Hall–Kier alpha value is -4.85. The summed E-state index contributed by atoms with van der Waals surface area (Å²) in [6.07, 6.45) is 2.23. The van der Waals surface area contributed by atoms with E-state index >= 15 is 0 Å². The number of carboxylic acids is 1. The number of aryl methyl sites for hydroxylation is 1. The predicted octanol–water partition coefficient (Wildman–Crippen LogP) is 5.65. The minimum Gasteiger partial charge on any atom is -0.497 e. The molecule has 0 spiro atoms. The molecule has 0 aliphatic heterocycles. The largest absolute Gasteiger partial charge is 0.497 e.